The van der Waals surface area contributed by atoms with Gasteiger partial charge in [-0.2, -0.15) is 0 Å². The number of amides is 2. The molecule has 2 aromatic rings. The molecule has 2 amide bonds. The van der Waals surface area contributed by atoms with Crippen LogP contribution in [0.2, 0.25) is 5.02 Å². The van der Waals surface area contributed by atoms with Crippen LogP contribution in [0.15, 0.2) is 24.3 Å². The Labute approximate surface area is 140 Å². The van der Waals surface area contributed by atoms with Gasteiger partial charge in [0.2, 0.25) is 5.91 Å². The van der Waals surface area contributed by atoms with Crippen molar-refractivity contribution >= 4 is 34.8 Å². The Kier molecular flexibility index (Phi) is 5.11. The predicted octanol–water partition coefficient (Wildman–Crippen LogP) is 3.99. The zero-order chi connectivity index (χ0) is 17.1. The van der Waals surface area contributed by atoms with E-state index < -0.39 is 0 Å². The summed E-state index contributed by atoms with van der Waals surface area (Å²) in [7, 11) is 0. The topological polar surface area (TPSA) is 63.1 Å². The van der Waals surface area contributed by atoms with E-state index in [1.807, 2.05) is 26.8 Å². The molecule has 122 valence electrons. The van der Waals surface area contributed by atoms with Gasteiger partial charge in [-0.05, 0) is 45.0 Å². The fourth-order valence-corrected chi connectivity index (χ4v) is 2.83. The molecule has 5 nitrogen and oxygen atoms in total. The molecule has 0 atom stereocenters. The summed E-state index contributed by atoms with van der Waals surface area (Å²) in [6.45, 7) is 8.19. The van der Waals surface area contributed by atoms with Gasteiger partial charge in [0, 0.05) is 30.5 Å². The molecule has 0 fully saturated rings. The zero-order valence-electron chi connectivity index (χ0n) is 13.7. The van der Waals surface area contributed by atoms with Gasteiger partial charge < -0.3 is 15.2 Å². The maximum atomic E-state index is 12.5. The van der Waals surface area contributed by atoms with Crippen LogP contribution in [0.3, 0.4) is 0 Å². The van der Waals surface area contributed by atoms with Crippen LogP contribution >= 0.6 is 11.6 Å². The maximum absolute atomic E-state index is 12.5. The highest BCUT2D eigenvalue weighted by Crippen LogP contribution is 2.26. The first kappa shape index (κ1) is 17.1. The summed E-state index contributed by atoms with van der Waals surface area (Å²) in [4.78, 5) is 23.5. The van der Waals surface area contributed by atoms with E-state index in [9.17, 15) is 9.59 Å². The summed E-state index contributed by atoms with van der Waals surface area (Å²) in [5.41, 5.74) is 3.72. The first-order valence-corrected chi connectivity index (χ1v) is 7.76. The van der Waals surface area contributed by atoms with Gasteiger partial charge in [0.25, 0.3) is 5.91 Å². The largest absolute Gasteiger partial charge is 0.349 e. The second-order valence-electron chi connectivity index (χ2n) is 5.36. The number of aryl methyl sites for hydroxylation is 1. The fourth-order valence-electron chi connectivity index (χ4n) is 2.60. The Hall–Kier alpha value is -2.27. The lowest BCUT2D eigenvalue weighted by atomic mass is 10.2. The van der Waals surface area contributed by atoms with Crippen molar-refractivity contribution in [2.75, 3.05) is 10.6 Å². The van der Waals surface area contributed by atoms with Crippen LogP contribution in [-0.4, -0.2) is 16.4 Å². The van der Waals surface area contributed by atoms with E-state index in [0.29, 0.717) is 22.0 Å². The van der Waals surface area contributed by atoms with E-state index in [2.05, 4.69) is 15.2 Å². The average molecular weight is 334 g/mol. The number of anilines is 2. The molecule has 1 aromatic carbocycles. The quantitative estimate of drug-likeness (QED) is 0.888. The molecule has 0 spiro atoms. The molecule has 0 saturated carbocycles. The number of hydrogen-bond acceptors (Lipinski definition) is 2. The molecule has 23 heavy (non-hydrogen) atoms. The Bertz CT molecular complexity index is 765. The van der Waals surface area contributed by atoms with Crippen molar-refractivity contribution in [1.82, 2.24) is 4.57 Å². The highest BCUT2D eigenvalue weighted by Gasteiger charge is 2.15. The smallest absolute Gasteiger partial charge is 0.257 e. The monoisotopic (exact) mass is 333 g/mol. The molecule has 0 aliphatic rings. The van der Waals surface area contributed by atoms with Crippen LogP contribution in [0.5, 0.6) is 0 Å². The molecule has 2 N–H and O–H groups in total. The summed E-state index contributed by atoms with van der Waals surface area (Å²) < 4.78 is 2.09. The van der Waals surface area contributed by atoms with Crippen LogP contribution < -0.4 is 10.6 Å². The van der Waals surface area contributed by atoms with Gasteiger partial charge in [-0.25, -0.2) is 0 Å². The third-order valence-electron chi connectivity index (χ3n) is 3.67. The number of carbonyl (C=O) groups is 2. The van der Waals surface area contributed by atoms with Crippen LogP contribution in [0.4, 0.5) is 11.4 Å². The van der Waals surface area contributed by atoms with Gasteiger partial charge in [0.1, 0.15) is 0 Å². The maximum Gasteiger partial charge on any atom is 0.257 e. The lowest BCUT2D eigenvalue weighted by molar-refractivity contribution is -0.114. The molecule has 1 heterocycles. The van der Waals surface area contributed by atoms with Gasteiger partial charge in [-0.3, -0.25) is 9.59 Å². The van der Waals surface area contributed by atoms with Crippen molar-refractivity contribution in [3.8, 4) is 0 Å². The molecular formula is C17H20ClN3O2. The van der Waals surface area contributed by atoms with Crippen molar-refractivity contribution in [1.29, 1.82) is 0 Å². The van der Waals surface area contributed by atoms with E-state index in [4.69, 9.17) is 11.6 Å². The van der Waals surface area contributed by atoms with Gasteiger partial charge >= 0.3 is 0 Å². The molecule has 0 aliphatic carbocycles. The standard InChI is InChI=1S/C17H20ClN3O2/c1-5-21-10(2)8-14(11(21)3)17(23)20-13-6-7-16(15(18)9-13)19-12(4)22/h6-9H,5H2,1-4H3,(H,19,22)(H,20,23). The minimum absolute atomic E-state index is 0.179. The van der Waals surface area contributed by atoms with Crippen LogP contribution in [0, 0.1) is 13.8 Å². The van der Waals surface area contributed by atoms with E-state index in [-0.39, 0.29) is 11.8 Å². The van der Waals surface area contributed by atoms with Crippen molar-refractivity contribution < 1.29 is 9.59 Å². The van der Waals surface area contributed by atoms with E-state index in [1.165, 1.54) is 6.92 Å². The third kappa shape index (κ3) is 3.74. The molecular weight excluding hydrogens is 314 g/mol. The number of nitrogens with one attached hydrogen (secondary N) is 2. The van der Waals surface area contributed by atoms with Crippen LogP contribution in [0.1, 0.15) is 35.6 Å². The molecule has 1 aromatic heterocycles. The van der Waals surface area contributed by atoms with Gasteiger partial charge in [-0.15, -0.1) is 0 Å². The molecule has 0 bridgehead atoms. The third-order valence-corrected chi connectivity index (χ3v) is 3.98. The van der Waals surface area contributed by atoms with Gasteiger partial charge in [-0.1, -0.05) is 11.6 Å². The summed E-state index contributed by atoms with van der Waals surface area (Å²) in [6.07, 6.45) is 0. The highest BCUT2D eigenvalue weighted by atomic mass is 35.5. The molecule has 6 heteroatoms. The Morgan fingerprint density at radius 1 is 1.17 bits per heavy atom. The number of aromatic nitrogens is 1. The SMILES string of the molecule is CCn1c(C)cc(C(=O)Nc2ccc(NC(C)=O)c(Cl)c2)c1C. The number of nitrogens with zero attached hydrogens (tertiary/aromatic N) is 1. The number of carbonyl (C=O) groups excluding carboxylic acids is 2. The van der Waals surface area contributed by atoms with Crippen LogP contribution in [0.25, 0.3) is 0 Å². The van der Waals surface area contributed by atoms with E-state index in [0.717, 1.165) is 17.9 Å². The van der Waals surface area contributed by atoms with Gasteiger partial charge in [0.05, 0.1) is 16.3 Å². The lowest BCUT2D eigenvalue weighted by Gasteiger charge is -2.09. The Balaban J connectivity index is 2.21. The molecule has 0 unspecified atom stereocenters. The van der Waals surface area contributed by atoms with E-state index in [1.54, 1.807) is 18.2 Å². The molecule has 0 saturated heterocycles. The number of rotatable bonds is 4. The first-order chi connectivity index (χ1) is 10.8. The summed E-state index contributed by atoms with van der Waals surface area (Å²) >= 11 is 6.12. The summed E-state index contributed by atoms with van der Waals surface area (Å²) in [5, 5.41) is 5.83. The molecule has 0 radical (unpaired) electrons. The summed E-state index contributed by atoms with van der Waals surface area (Å²) in [6, 6.07) is 6.86. The van der Waals surface area contributed by atoms with Crippen molar-refractivity contribution in [2.24, 2.45) is 0 Å². The van der Waals surface area contributed by atoms with Crippen LogP contribution in [-0.2, 0) is 11.3 Å². The minimum atomic E-state index is -0.198. The average Bonchev–Trinajstić information content (AvgIpc) is 2.76. The Morgan fingerprint density at radius 2 is 1.87 bits per heavy atom. The van der Waals surface area contributed by atoms with E-state index >= 15 is 0 Å². The molecule has 0 aliphatic heterocycles. The normalized spacial score (nSPS) is 10.5. The van der Waals surface area contributed by atoms with Crippen molar-refractivity contribution in [3.63, 3.8) is 0 Å². The van der Waals surface area contributed by atoms with Gasteiger partial charge in [0.15, 0.2) is 0 Å². The predicted molar refractivity (Wildman–Crippen MR) is 93.3 cm³/mol. The number of hydrogen-bond donors (Lipinski definition) is 2. The number of halogens is 1. The minimum Gasteiger partial charge on any atom is -0.349 e. The zero-order valence-corrected chi connectivity index (χ0v) is 14.4. The first-order valence-electron chi connectivity index (χ1n) is 7.38. The van der Waals surface area contributed by atoms with Crippen molar-refractivity contribution in [3.05, 3.63) is 46.2 Å². The second kappa shape index (κ2) is 6.87. The van der Waals surface area contributed by atoms with Crippen molar-refractivity contribution in [2.45, 2.75) is 34.2 Å². The number of benzene rings is 1. The Morgan fingerprint density at radius 3 is 2.39 bits per heavy atom. The second-order valence-corrected chi connectivity index (χ2v) is 5.77. The summed E-state index contributed by atoms with van der Waals surface area (Å²) in [5.74, 6) is -0.378. The molecule has 2 rings (SSSR count). The fraction of sp³-hybridized carbons (Fsp3) is 0.294. The lowest BCUT2D eigenvalue weighted by Crippen LogP contribution is -2.13. The highest BCUT2D eigenvalue weighted by molar-refractivity contribution is 6.34.